The molecule has 2 aromatic carbocycles. The van der Waals surface area contributed by atoms with Crippen LogP contribution in [-0.4, -0.2) is 30.6 Å². The molecule has 1 fully saturated rings. The molecular weight excluding hydrogens is 350 g/mol. The fourth-order valence-corrected chi connectivity index (χ4v) is 3.67. The van der Waals surface area contributed by atoms with Crippen molar-refractivity contribution in [2.75, 3.05) is 19.7 Å². The topological polar surface area (TPSA) is 53.6 Å². The van der Waals surface area contributed by atoms with Gasteiger partial charge in [0.15, 0.2) is 0 Å². The van der Waals surface area contributed by atoms with Crippen LogP contribution in [0.5, 0.6) is 0 Å². The van der Waals surface area contributed by atoms with Gasteiger partial charge >= 0.3 is 6.03 Å². The van der Waals surface area contributed by atoms with E-state index in [0.717, 1.165) is 35.8 Å². The Kier molecular flexibility index (Phi) is 5.11. The standard InChI is InChI=1S/C20H22ClN3O2/c21-17-5-6-18-16(9-17)12-26-13-19(18)23-10-14-1-3-15(4-2-14)11-24-8-7-22-20(24)25/h1-6,9,19,23H,7-8,10-13H2,(H,22,25). The summed E-state index contributed by atoms with van der Waals surface area (Å²) in [4.78, 5) is 13.5. The van der Waals surface area contributed by atoms with E-state index in [9.17, 15) is 4.79 Å². The maximum absolute atomic E-state index is 11.6. The van der Waals surface area contributed by atoms with Crippen molar-refractivity contribution >= 4 is 17.6 Å². The molecule has 4 rings (SSSR count). The average molecular weight is 372 g/mol. The Morgan fingerprint density at radius 2 is 2.00 bits per heavy atom. The van der Waals surface area contributed by atoms with Gasteiger partial charge in [0, 0.05) is 31.2 Å². The van der Waals surface area contributed by atoms with Crippen LogP contribution in [0.2, 0.25) is 5.02 Å². The third-order valence-corrected chi connectivity index (χ3v) is 5.15. The summed E-state index contributed by atoms with van der Waals surface area (Å²) >= 11 is 6.08. The number of carbonyl (C=O) groups excluding carboxylic acids is 1. The van der Waals surface area contributed by atoms with Gasteiger partial charge in [-0.05, 0) is 34.4 Å². The van der Waals surface area contributed by atoms with Gasteiger partial charge in [-0.3, -0.25) is 0 Å². The number of carbonyl (C=O) groups is 1. The molecule has 2 amide bonds. The Bertz CT molecular complexity index is 794. The van der Waals surface area contributed by atoms with E-state index < -0.39 is 0 Å². The highest BCUT2D eigenvalue weighted by atomic mass is 35.5. The number of ether oxygens (including phenoxy) is 1. The first-order valence-corrected chi connectivity index (χ1v) is 9.27. The first-order valence-electron chi connectivity index (χ1n) is 8.89. The lowest BCUT2D eigenvalue weighted by Gasteiger charge is -2.27. The fraction of sp³-hybridized carbons (Fsp3) is 0.350. The summed E-state index contributed by atoms with van der Waals surface area (Å²) < 4.78 is 5.69. The normalized spacial score (nSPS) is 19.3. The molecule has 26 heavy (non-hydrogen) atoms. The summed E-state index contributed by atoms with van der Waals surface area (Å²) in [5.41, 5.74) is 4.77. The molecule has 2 aromatic rings. The van der Waals surface area contributed by atoms with Gasteiger partial charge in [-0.25, -0.2) is 4.79 Å². The van der Waals surface area contributed by atoms with Crippen LogP contribution in [0.1, 0.15) is 28.3 Å². The van der Waals surface area contributed by atoms with E-state index in [-0.39, 0.29) is 12.1 Å². The Morgan fingerprint density at radius 3 is 2.77 bits per heavy atom. The third kappa shape index (κ3) is 3.85. The molecule has 0 aliphatic carbocycles. The molecule has 2 heterocycles. The first kappa shape index (κ1) is 17.3. The van der Waals surface area contributed by atoms with Crippen LogP contribution in [0.3, 0.4) is 0 Å². The smallest absolute Gasteiger partial charge is 0.317 e. The molecule has 2 aliphatic rings. The molecule has 1 saturated heterocycles. The van der Waals surface area contributed by atoms with Crippen LogP contribution < -0.4 is 10.6 Å². The molecule has 1 unspecified atom stereocenters. The SMILES string of the molecule is O=C1NCCN1Cc1ccc(CNC2COCc3cc(Cl)ccc32)cc1. The van der Waals surface area contributed by atoms with Crippen LogP contribution in [0, 0.1) is 0 Å². The van der Waals surface area contributed by atoms with Crippen LogP contribution in [0.15, 0.2) is 42.5 Å². The van der Waals surface area contributed by atoms with Gasteiger partial charge < -0.3 is 20.3 Å². The van der Waals surface area contributed by atoms with Crippen molar-refractivity contribution in [1.29, 1.82) is 0 Å². The number of rotatable bonds is 5. The monoisotopic (exact) mass is 371 g/mol. The summed E-state index contributed by atoms with van der Waals surface area (Å²) in [5, 5.41) is 7.14. The zero-order valence-corrected chi connectivity index (χ0v) is 15.3. The van der Waals surface area contributed by atoms with Crippen molar-refractivity contribution in [2.45, 2.75) is 25.7 Å². The predicted molar refractivity (Wildman–Crippen MR) is 101 cm³/mol. The van der Waals surface area contributed by atoms with Gasteiger partial charge in [0.2, 0.25) is 0 Å². The molecule has 0 aromatic heterocycles. The van der Waals surface area contributed by atoms with Crippen LogP contribution in [-0.2, 0) is 24.4 Å². The van der Waals surface area contributed by atoms with Gasteiger partial charge in [-0.15, -0.1) is 0 Å². The zero-order chi connectivity index (χ0) is 17.9. The van der Waals surface area contributed by atoms with E-state index in [1.807, 2.05) is 17.0 Å². The number of nitrogens with zero attached hydrogens (tertiary/aromatic N) is 1. The van der Waals surface area contributed by atoms with Gasteiger partial charge in [0.25, 0.3) is 0 Å². The van der Waals surface area contributed by atoms with Crippen LogP contribution >= 0.6 is 11.6 Å². The Labute approximate surface area is 158 Å². The van der Waals surface area contributed by atoms with Gasteiger partial charge in [-0.2, -0.15) is 0 Å². The van der Waals surface area contributed by atoms with Gasteiger partial charge in [-0.1, -0.05) is 41.9 Å². The highest BCUT2D eigenvalue weighted by Gasteiger charge is 2.21. The number of halogens is 1. The van der Waals surface area contributed by atoms with Crippen molar-refractivity contribution in [2.24, 2.45) is 0 Å². The van der Waals surface area contributed by atoms with Crippen LogP contribution in [0.25, 0.3) is 0 Å². The number of hydrogen-bond donors (Lipinski definition) is 2. The van der Waals surface area contributed by atoms with E-state index in [2.05, 4.69) is 41.0 Å². The van der Waals surface area contributed by atoms with Crippen molar-refractivity contribution in [3.05, 3.63) is 69.7 Å². The fourth-order valence-electron chi connectivity index (χ4n) is 3.47. The number of nitrogens with one attached hydrogen (secondary N) is 2. The second-order valence-electron chi connectivity index (χ2n) is 6.76. The summed E-state index contributed by atoms with van der Waals surface area (Å²) in [6.45, 7) is 4.21. The van der Waals surface area contributed by atoms with Gasteiger partial charge in [0.1, 0.15) is 0 Å². The van der Waals surface area contributed by atoms with Crippen LogP contribution in [0.4, 0.5) is 4.79 Å². The zero-order valence-electron chi connectivity index (χ0n) is 14.5. The lowest BCUT2D eigenvalue weighted by molar-refractivity contribution is 0.0817. The lowest BCUT2D eigenvalue weighted by atomic mass is 9.99. The number of fused-ring (bicyclic) bond motifs is 1. The van der Waals surface area contributed by atoms with E-state index >= 15 is 0 Å². The summed E-state index contributed by atoms with van der Waals surface area (Å²) in [5.74, 6) is 0. The van der Waals surface area contributed by atoms with Crippen molar-refractivity contribution in [1.82, 2.24) is 15.5 Å². The van der Waals surface area contributed by atoms with E-state index in [0.29, 0.717) is 19.8 Å². The Balaban J connectivity index is 1.36. The molecule has 0 spiro atoms. The first-order chi connectivity index (χ1) is 12.7. The Hall–Kier alpha value is -2.08. The predicted octanol–water partition coefficient (Wildman–Crippen LogP) is 3.23. The second-order valence-corrected chi connectivity index (χ2v) is 7.20. The minimum atomic E-state index is 0.0202. The molecular formula is C20H22ClN3O2. The minimum Gasteiger partial charge on any atom is -0.375 e. The summed E-state index contributed by atoms with van der Waals surface area (Å²) in [6, 6.07) is 14.6. The van der Waals surface area contributed by atoms with E-state index in [1.165, 1.54) is 11.1 Å². The highest BCUT2D eigenvalue weighted by Crippen LogP contribution is 2.27. The molecule has 2 N–H and O–H groups in total. The number of urea groups is 1. The lowest BCUT2D eigenvalue weighted by Crippen LogP contribution is -2.29. The molecule has 0 radical (unpaired) electrons. The minimum absolute atomic E-state index is 0.0202. The highest BCUT2D eigenvalue weighted by molar-refractivity contribution is 6.30. The van der Waals surface area contributed by atoms with Crippen molar-refractivity contribution in [3.8, 4) is 0 Å². The summed E-state index contributed by atoms with van der Waals surface area (Å²) in [6.07, 6.45) is 0. The third-order valence-electron chi connectivity index (χ3n) is 4.92. The second kappa shape index (κ2) is 7.66. The molecule has 0 bridgehead atoms. The van der Waals surface area contributed by atoms with Crippen molar-refractivity contribution in [3.63, 3.8) is 0 Å². The Morgan fingerprint density at radius 1 is 1.19 bits per heavy atom. The molecule has 1 atom stereocenters. The van der Waals surface area contributed by atoms with E-state index in [4.69, 9.17) is 16.3 Å². The molecule has 0 saturated carbocycles. The molecule has 2 aliphatic heterocycles. The number of hydrogen-bond acceptors (Lipinski definition) is 3. The maximum atomic E-state index is 11.6. The molecule has 136 valence electrons. The van der Waals surface area contributed by atoms with Crippen molar-refractivity contribution < 1.29 is 9.53 Å². The van der Waals surface area contributed by atoms with E-state index in [1.54, 1.807) is 0 Å². The largest absolute Gasteiger partial charge is 0.375 e. The quantitative estimate of drug-likeness (QED) is 0.848. The average Bonchev–Trinajstić information content (AvgIpc) is 3.05. The molecule has 6 heteroatoms. The molecule has 5 nitrogen and oxygen atoms in total. The summed E-state index contributed by atoms with van der Waals surface area (Å²) in [7, 11) is 0. The van der Waals surface area contributed by atoms with Gasteiger partial charge in [0.05, 0.1) is 19.3 Å². The number of amides is 2. The number of benzene rings is 2. The maximum Gasteiger partial charge on any atom is 0.317 e.